The van der Waals surface area contributed by atoms with E-state index in [0.29, 0.717) is 17.2 Å². The van der Waals surface area contributed by atoms with Crippen LogP contribution in [-0.2, 0) is 4.79 Å². The fourth-order valence-electron chi connectivity index (χ4n) is 1.86. The monoisotopic (exact) mass is 309 g/mol. The SMILES string of the molecule is CCC(C)C(NC(=O)c1ccc(SC(C)C)cc1)C(=O)O. The van der Waals surface area contributed by atoms with Gasteiger partial charge in [0.15, 0.2) is 0 Å². The number of carboxylic acid groups (broad SMARTS) is 1. The van der Waals surface area contributed by atoms with Gasteiger partial charge in [0.2, 0.25) is 0 Å². The molecular formula is C16H23NO3S. The molecule has 0 fully saturated rings. The van der Waals surface area contributed by atoms with E-state index in [0.717, 1.165) is 4.90 Å². The number of hydrogen-bond acceptors (Lipinski definition) is 3. The van der Waals surface area contributed by atoms with Crippen molar-refractivity contribution < 1.29 is 14.7 Å². The fraction of sp³-hybridized carbons (Fsp3) is 0.500. The lowest BCUT2D eigenvalue weighted by atomic mass is 9.99. The fourth-order valence-corrected chi connectivity index (χ4v) is 2.70. The van der Waals surface area contributed by atoms with Gasteiger partial charge < -0.3 is 10.4 Å². The Labute approximate surface area is 130 Å². The lowest BCUT2D eigenvalue weighted by Gasteiger charge is -2.20. The van der Waals surface area contributed by atoms with Crippen molar-refractivity contribution in [1.29, 1.82) is 0 Å². The van der Waals surface area contributed by atoms with Crippen molar-refractivity contribution >= 4 is 23.6 Å². The molecule has 0 saturated carbocycles. The summed E-state index contributed by atoms with van der Waals surface area (Å²) >= 11 is 1.72. The van der Waals surface area contributed by atoms with E-state index in [2.05, 4.69) is 19.2 Å². The van der Waals surface area contributed by atoms with Crippen LogP contribution in [0.2, 0.25) is 0 Å². The number of carbonyl (C=O) groups is 2. The van der Waals surface area contributed by atoms with Gasteiger partial charge in [-0.2, -0.15) is 0 Å². The van der Waals surface area contributed by atoms with Gasteiger partial charge in [-0.05, 0) is 30.2 Å². The van der Waals surface area contributed by atoms with E-state index in [1.807, 2.05) is 26.0 Å². The summed E-state index contributed by atoms with van der Waals surface area (Å²) in [5, 5.41) is 12.3. The van der Waals surface area contributed by atoms with Crippen molar-refractivity contribution in [2.45, 2.75) is 50.3 Å². The number of hydrogen-bond donors (Lipinski definition) is 2. The summed E-state index contributed by atoms with van der Waals surface area (Å²) < 4.78 is 0. The number of rotatable bonds is 7. The number of carbonyl (C=O) groups excluding carboxylic acids is 1. The summed E-state index contributed by atoms with van der Waals surface area (Å²) in [6.45, 7) is 7.94. The van der Waals surface area contributed by atoms with Crippen LogP contribution >= 0.6 is 11.8 Å². The molecule has 0 bridgehead atoms. The largest absolute Gasteiger partial charge is 0.480 e. The molecule has 116 valence electrons. The smallest absolute Gasteiger partial charge is 0.326 e. The number of benzene rings is 1. The minimum Gasteiger partial charge on any atom is -0.480 e. The first-order valence-electron chi connectivity index (χ1n) is 7.15. The van der Waals surface area contributed by atoms with Gasteiger partial charge in [-0.1, -0.05) is 34.1 Å². The molecule has 2 unspecified atom stereocenters. The lowest BCUT2D eigenvalue weighted by molar-refractivity contribution is -0.140. The maximum atomic E-state index is 12.1. The number of carboxylic acids is 1. The Hall–Kier alpha value is -1.49. The van der Waals surface area contributed by atoms with Crippen LogP contribution in [0.3, 0.4) is 0 Å². The molecule has 0 spiro atoms. The highest BCUT2D eigenvalue weighted by Gasteiger charge is 2.25. The summed E-state index contributed by atoms with van der Waals surface area (Å²) in [5.41, 5.74) is 0.484. The summed E-state index contributed by atoms with van der Waals surface area (Å²) in [4.78, 5) is 24.5. The first-order valence-corrected chi connectivity index (χ1v) is 8.03. The van der Waals surface area contributed by atoms with Crippen LogP contribution in [0, 0.1) is 5.92 Å². The Morgan fingerprint density at radius 2 is 1.76 bits per heavy atom. The molecule has 21 heavy (non-hydrogen) atoms. The highest BCUT2D eigenvalue weighted by Crippen LogP contribution is 2.23. The van der Waals surface area contributed by atoms with Crippen molar-refractivity contribution in [3.8, 4) is 0 Å². The molecule has 1 rings (SSSR count). The molecule has 2 N–H and O–H groups in total. The van der Waals surface area contributed by atoms with Crippen molar-refractivity contribution in [1.82, 2.24) is 5.32 Å². The third kappa shape index (κ3) is 5.42. The van der Waals surface area contributed by atoms with Crippen molar-refractivity contribution in [2.24, 2.45) is 5.92 Å². The lowest BCUT2D eigenvalue weighted by Crippen LogP contribution is -2.45. The van der Waals surface area contributed by atoms with E-state index in [1.165, 1.54) is 0 Å². The van der Waals surface area contributed by atoms with Gasteiger partial charge >= 0.3 is 5.97 Å². The number of nitrogens with one attached hydrogen (secondary N) is 1. The maximum absolute atomic E-state index is 12.1. The summed E-state index contributed by atoms with van der Waals surface area (Å²) in [6.07, 6.45) is 0.696. The van der Waals surface area contributed by atoms with Gasteiger partial charge in [0.25, 0.3) is 5.91 Å². The Bertz CT molecular complexity index is 485. The van der Waals surface area contributed by atoms with Crippen molar-refractivity contribution in [3.63, 3.8) is 0 Å². The van der Waals surface area contributed by atoms with Crippen LogP contribution in [0.25, 0.3) is 0 Å². The molecule has 1 aromatic rings. The molecular weight excluding hydrogens is 286 g/mol. The van der Waals surface area contributed by atoms with E-state index in [1.54, 1.807) is 23.9 Å². The molecule has 1 aromatic carbocycles. The minimum atomic E-state index is -0.996. The number of thioether (sulfide) groups is 1. The zero-order chi connectivity index (χ0) is 16.0. The maximum Gasteiger partial charge on any atom is 0.326 e. The average Bonchev–Trinajstić information content (AvgIpc) is 2.43. The topological polar surface area (TPSA) is 66.4 Å². The molecule has 0 aliphatic rings. The molecule has 2 atom stereocenters. The molecule has 4 nitrogen and oxygen atoms in total. The van der Waals surface area contributed by atoms with Crippen LogP contribution in [0.15, 0.2) is 29.2 Å². The Morgan fingerprint density at radius 3 is 2.19 bits per heavy atom. The van der Waals surface area contributed by atoms with Gasteiger partial charge in [0, 0.05) is 15.7 Å². The summed E-state index contributed by atoms with van der Waals surface area (Å²) in [6, 6.07) is 6.38. The zero-order valence-corrected chi connectivity index (χ0v) is 13.7. The minimum absolute atomic E-state index is 0.109. The van der Waals surface area contributed by atoms with E-state index >= 15 is 0 Å². The molecule has 0 aliphatic carbocycles. The van der Waals surface area contributed by atoms with Crippen LogP contribution in [0.5, 0.6) is 0 Å². The molecule has 0 heterocycles. The van der Waals surface area contributed by atoms with Gasteiger partial charge in [0.1, 0.15) is 6.04 Å². The van der Waals surface area contributed by atoms with E-state index in [9.17, 15) is 14.7 Å². The van der Waals surface area contributed by atoms with Gasteiger partial charge in [-0.15, -0.1) is 11.8 Å². The van der Waals surface area contributed by atoms with Crippen LogP contribution < -0.4 is 5.32 Å². The quantitative estimate of drug-likeness (QED) is 0.757. The number of aliphatic carboxylic acids is 1. The van der Waals surface area contributed by atoms with Gasteiger partial charge in [-0.25, -0.2) is 4.79 Å². The standard InChI is InChI=1S/C16H23NO3S/c1-5-11(4)14(16(19)20)17-15(18)12-6-8-13(9-7-12)21-10(2)3/h6-11,14H,5H2,1-4H3,(H,17,18)(H,19,20). The molecule has 5 heteroatoms. The second-order valence-corrected chi connectivity index (χ2v) is 7.02. The first kappa shape index (κ1) is 17.6. The highest BCUT2D eigenvalue weighted by molar-refractivity contribution is 7.99. The Balaban J connectivity index is 2.76. The molecule has 0 aliphatic heterocycles. The normalized spacial score (nSPS) is 13.8. The summed E-state index contributed by atoms with van der Waals surface area (Å²) in [5.74, 6) is -1.45. The molecule has 0 aromatic heterocycles. The average molecular weight is 309 g/mol. The third-order valence-electron chi connectivity index (χ3n) is 3.25. The predicted molar refractivity (Wildman–Crippen MR) is 85.8 cm³/mol. The van der Waals surface area contributed by atoms with Crippen LogP contribution in [0.1, 0.15) is 44.5 Å². The third-order valence-corrected chi connectivity index (χ3v) is 4.27. The van der Waals surface area contributed by atoms with Crippen LogP contribution in [0.4, 0.5) is 0 Å². The first-order chi connectivity index (χ1) is 9.85. The molecule has 1 amide bonds. The zero-order valence-electron chi connectivity index (χ0n) is 12.9. The molecule has 0 saturated heterocycles. The van der Waals surface area contributed by atoms with E-state index < -0.39 is 12.0 Å². The van der Waals surface area contributed by atoms with E-state index in [-0.39, 0.29) is 11.8 Å². The second-order valence-electron chi connectivity index (χ2n) is 5.37. The van der Waals surface area contributed by atoms with Crippen LogP contribution in [-0.4, -0.2) is 28.3 Å². The Morgan fingerprint density at radius 1 is 1.19 bits per heavy atom. The van der Waals surface area contributed by atoms with Crippen molar-refractivity contribution in [2.75, 3.05) is 0 Å². The predicted octanol–water partition coefficient (Wildman–Crippen LogP) is 3.42. The highest BCUT2D eigenvalue weighted by atomic mass is 32.2. The molecule has 0 radical (unpaired) electrons. The summed E-state index contributed by atoms with van der Waals surface area (Å²) in [7, 11) is 0. The number of amides is 1. The Kier molecular flexibility index (Phi) is 6.75. The van der Waals surface area contributed by atoms with Crippen molar-refractivity contribution in [3.05, 3.63) is 29.8 Å². The van der Waals surface area contributed by atoms with E-state index in [4.69, 9.17) is 0 Å². The van der Waals surface area contributed by atoms with Gasteiger partial charge in [0.05, 0.1) is 0 Å². The van der Waals surface area contributed by atoms with Gasteiger partial charge in [-0.3, -0.25) is 4.79 Å². The second kappa shape index (κ2) is 8.08.